The van der Waals surface area contributed by atoms with Crippen molar-refractivity contribution in [1.29, 1.82) is 0 Å². The summed E-state index contributed by atoms with van der Waals surface area (Å²) in [7, 11) is 0. The number of aromatic nitrogens is 2. The summed E-state index contributed by atoms with van der Waals surface area (Å²) in [6.07, 6.45) is 12.4. The molecule has 6 nitrogen and oxygen atoms in total. The molecular formula is C28H28F3N3O3. The number of ether oxygens (including phenoxy) is 2. The van der Waals surface area contributed by atoms with Crippen LogP contribution >= 0.6 is 0 Å². The first kappa shape index (κ1) is 26.5. The molecule has 194 valence electrons. The molecule has 0 aliphatic carbocycles. The van der Waals surface area contributed by atoms with E-state index in [1.165, 1.54) is 12.1 Å². The average Bonchev–Trinajstić information content (AvgIpc) is 3.58. The number of aldehydes is 1. The monoisotopic (exact) mass is 511 g/mol. The average molecular weight is 512 g/mol. The molecular weight excluding hydrogens is 483 g/mol. The van der Waals surface area contributed by atoms with Gasteiger partial charge in [0.05, 0.1) is 42.7 Å². The molecule has 0 saturated carbocycles. The van der Waals surface area contributed by atoms with Crippen molar-refractivity contribution in [3.8, 4) is 0 Å². The molecule has 37 heavy (non-hydrogen) atoms. The van der Waals surface area contributed by atoms with Gasteiger partial charge in [-0.25, -0.2) is 4.68 Å². The van der Waals surface area contributed by atoms with Crippen LogP contribution in [-0.4, -0.2) is 48.2 Å². The summed E-state index contributed by atoms with van der Waals surface area (Å²) in [5, 5.41) is 4.45. The van der Waals surface area contributed by atoms with Gasteiger partial charge in [-0.15, -0.1) is 0 Å². The number of alkyl halides is 3. The second-order valence-corrected chi connectivity index (χ2v) is 8.93. The van der Waals surface area contributed by atoms with Crippen molar-refractivity contribution < 1.29 is 27.4 Å². The Kier molecular flexibility index (Phi) is 8.68. The Morgan fingerprint density at radius 2 is 2.16 bits per heavy atom. The maximum Gasteiger partial charge on any atom is 0.416 e. The Bertz CT molecular complexity index is 1230. The van der Waals surface area contributed by atoms with Gasteiger partial charge in [-0.3, -0.25) is 9.79 Å². The van der Waals surface area contributed by atoms with Gasteiger partial charge in [-0.05, 0) is 42.7 Å². The summed E-state index contributed by atoms with van der Waals surface area (Å²) < 4.78 is 52.1. The quantitative estimate of drug-likeness (QED) is 0.246. The van der Waals surface area contributed by atoms with Crippen molar-refractivity contribution in [1.82, 2.24) is 9.78 Å². The largest absolute Gasteiger partial charge is 0.416 e. The number of rotatable bonds is 9. The second kappa shape index (κ2) is 12.1. The second-order valence-electron chi connectivity index (χ2n) is 8.93. The van der Waals surface area contributed by atoms with Crippen LogP contribution < -0.4 is 0 Å². The summed E-state index contributed by atoms with van der Waals surface area (Å²) in [6.45, 7) is 3.87. The van der Waals surface area contributed by atoms with Crippen LogP contribution in [0.1, 0.15) is 36.0 Å². The number of benzene rings is 1. The van der Waals surface area contributed by atoms with Gasteiger partial charge >= 0.3 is 6.18 Å². The number of hydrogen-bond donors (Lipinski definition) is 0. The van der Waals surface area contributed by atoms with E-state index in [0.717, 1.165) is 30.7 Å². The summed E-state index contributed by atoms with van der Waals surface area (Å²) in [5.74, 6) is 0.248. The van der Waals surface area contributed by atoms with Crippen LogP contribution in [0.4, 0.5) is 13.2 Å². The van der Waals surface area contributed by atoms with E-state index >= 15 is 0 Å². The third-order valence-electron chi connectivity index (χ3n) is 6.22. The van der Waals surface area contributed by atoms with Gasteiger partial charge in [0, 0.05) is 42.8 Å². The van der Waals surface area contributed by atoms with Crippen LogP contribution in [0.5, 0.6) is 0 Å². The smallest absolute Gasteiger partial charge is 0.381 e. The molecule has 2 aliphatic rings. The van der Waals surface area contributed by atoms with Gasteiger partial charge in [-0.1, -0.05) is 30.4 Å². The zero-order valence-corrected chi connectivity index (χ0v) is 20.3. The minimum Gasteiger partial charge on any atom is -0.381 e. The van der Waals surface area contributed by atoms with E-state index in [0.29, 0.717) is 42.3 Å². The molecule has 1 saturated heterocycles. The number of hydrogen-bond acceptors (Lipinski definition) is 5. The van der Waals surface area contributed by atoms with Gasteiger partial charge in [0.15, 0.2) is 0 Å². The normalized spacial score (nSPS) is 22.8. The third-order valence-corrected chi connectivity index (χ3v) is 6.22. The molecule has 1 aromatic heterocycles. The van der Waals surface area contributed by atoms with Crippen LogP contribution in [0.3, 0.4) is 0 Å². The molecule has 0 radical (unpaired) electrons. The Balaban J connectivity index is 1.48. The van der Waals surface area contributed by atoms with Crippen molar-refractivity contribution in [2.75, 3.05) is 19.8 Å². The maximum absolute atomic E-state index is 13.0. The molecule has 2 aliphatic heterocycles. The summed E-state index contributed by atoms with van der Waals surface area (Å²) >= 11 is 0. The highest BCUT2D eigenvalue weighted by molar-refractivity contribution is 5.81. The van der Waals surface area contributed by atoms with Crippen molar-refractivity contribution in [2.24, 2.45) is 10.9 Å². The van der Waals surface area contributed by atoms with Gasteiger partial charge in [0.25, 0.3) is 0 Å². The number of carbonyl (C=O) groups is 1. The first-order valence-corrected chi connectivity index (χ1v) is 12.0. The molecule has 2 unspecified atom stereocenters. The van der Waals surface area contributed by atoms with E-state index in [9.17, 15) is 18.0 Å². The van der Waals surface area contributed by atoms with Crippen molar-refractivity contribution in [3.05, 3.63) is 89.4 Å². The van der Waals surface area contributed by atoms with Gasteiger partial charge in [-0.2, -0.15) is 18.3 Å². The lowest BCUT2D eigenvalue weighted by Crippen LogP contribution is -2.26. The van der Waals surface area contributed by atoms with Crippen molar-refractivity contribution >= 4 is 24.3 Å². The number of carbonyl (C=O) groups excluding carboxylic acids is 1. The molecule has 2 aromatic rings. The Morgan fingerprint density at radius 3 is 2.92 bits per heavy atom. The maximum atomic E-state index is 13.0. The molecule has 0 amide bonds. The van der Waals surface area contributed by atoms with E-state index in [1.807, 2.05) is 18.5 Å². The Morgan fingerprint density at radius 1 is 1.30 bits per heavy atom. The standard InChI is InChI=1S/C28H28F3N3O3/c1-20(4-2-5-21-6-3-7-24(14-21)28(29,30)31)26(9-12-35)34-17-23(15-33-34)25-16-32-11-8-27(25)37-19-22-10-13-36-18-22/h2-9,11-12,14-17,22,25,27H,10,13,18-19H2,1H3/b5-2+,20-4-,26-9+/t22-,25?,27?/m1/s1. The molecule has 0 N–H and O–H groups in total. The van der Waals surface area contributed by atoms with Crippen LogP contribution in [0.15, 0.2) is 77.7 Å². The molecule has 4 rings (SSSR count). The zero-order valence-electron chi connectivity index (χ0n) is 20.3. The Labute approximate surface area is 213 Å². The molecule has 9 heteroatoms. The predicted molar refractivity (Wildman–Crippen MR) is 136 cm³/mol. The van der Waals surface area contributed by atoms with E-state index in [-0.39, 0.29) is 12.0 Å². The molecule has 0 bridgehead atoms. The molecule has 1 aromatic carbocycles. The van der Waals surface area contributed by atoms with E-state index < -0.39 is 11.7 Å². The fraction of sp³-hybridized carbons (Fsp3) is 0.321. The highest BCUT2D eigenvalue weighted by Gasteiger charge is 2.30. The zero-order chi connectivity index (χ0) is 26.3. The highest BCUT2D eigenvalue weighted by atomic mass is 19.4. The minimum absolute atomic E-state index is 0.136. The third kappa shape index (κ3) is 7.02. The number of nitrogens with zero attached hydrogens (tertiary/aromatic N) is 3. The lowest BCUT2D eigenvalue weighted by molar-refractivity contribution is -0.137. The first-order chi connectivity index (χ1) is 17.8. The summed E-state index contributed by atoms with van der Waals surface area (Å²) in [6, 6.07) is 5.07. The fourth-order valence-electron chi connectivity index (χ4n) is 4.18. The lowest BCUT2D eigenvalue weighted by Gasteiger charge is -2.24. The van der Waals surface area contributed by atoms with Crippen LogP contribution in [-0.2, 0) is 20.4 Å². The van der Waals surface area contributed by atoms with Gasteiger partial charge < -0.3 is 9.47 Å². The van der Waals surface area contributed by atoms with E-state index in [2.05, 4.69) is 10.1 Å². The minimum atomic E-state index is -4.40. The number of halogens is 3. The summed E-state index contributed by atoms with van der Waals surface area (Å²) in [5.41, 5.74) is 1.84. The number of allylic oxidation sites excluding steroid dienone is 5. The van der Waals surface area contributed by atoms with Crippen molar-refractivity contribution in [2.45, 2.75) is 31.5 Å². The van der Waals surface area contributed by atoms with Gasteiger partial charge in [0.2, 0.25) is 0 Å². The topological polar surface area (TPSA) is 65.7 Å². The van der Waals surface area contributed by atoms with Crippen LogP contribution in [0, 0.1) is 5.92 Å². The number of aliphatic imine (C=N–C) groups is 1. The van der Waals surface area contributed by atoms with Crippen LogP contribution in [0.25, 0.3) is 11.8 Å². The first-order valence-electron chi connectivity index (χ1n) is 12.0. The predicted octanol–water partition coefficient (Wildman–Crippen LogP) is 5.70. The fourth-order valence-corrected chi connectivity index (χ4v) is 4.18. The van der Waals surface area contributed by atoms with E-state index in [4.69, 9.17) is 9.47 Å². The molecule has 3 atom stereocenters. The van der Waals surface area contributed by atoms with Crippen molar-refractivity contribution in [3.63, 3.8) is 0 Å². The molecule has 0 spiro atoms. The molecule has 1 fully saturated rings. The highest BCUT2D eigenvalue weighted by Crippen LogP contribution is 2.30. The molecule has 3 heterocycles. The SMILES string of the molecule is CC(=C/C=C/c1cccc(C(F)(F)F)c1)/C(=C\C=O)n1cc(C2C=NC=CC2OC[C@@H]2CCOC2)cn1. The Hall–Kier alpha value is -3.56. The van der Waals surface area contributed by atoms with Crippen LogP contribution in [0.2, 0.25) is 0 Å². The van der Waals surface area contributed by atoms with E-state index in [1.54, 1.807) is 48.3 Å². The van der Waals surface area contributed by atoms with Gasteiger partial charge in [0.1, 0.15) is 6.29 Å². The lowest BCUT2D eigenvalue weighted by atomic mass is 9.95. The summed E-state index contributed by atoms with van der Waals surface area (Å²) in [4.78, 5) is 15.6.